The second-order valence-corrected chi connectivity index (χ2v) is 29.4. The first-order valence-electron chi connectivity index (χ1n) is 38.5. The number of hydrogen-bond acceptors (Lipinski definition) is 8. The van der Waals surface area contributed by atoms with Gasteiger partial charge in [-0.25, -0.2) is 19.9 Å². The van der Waals surface area contributed by atoms with Crippen molar-refractivity contribution in [3.05, 3.63) is 445 Å². The van der Waals surface area contributed by atoms with Crippen molar-refractivity contribution in [2.45, 2.75) is 10.8 Å². The molecule has 19 aromatic rings. The first-order valence-corrected chi connectivity index (χ1v) is 38.5. The van der Waals surface area contributed by atoms with Crippen LogP contribution in [0.25, 0.3) is 122 Å². The SMILES string of the molecule is c1ccc(-c2ccc(-c3nc(-c4ccc(C5(c6ccc7c(c6)Oc6ccccc6O7)c6ccccc6-c6ccccc65)cc4)nc4ccccc34)cc2)cc1.c1ccc2c(c1)Oc1ccc(C3(c4ccc(-c5nc(-c6ccc(-c7ccc8ccccc8c7)cc6)c6ccccc6n5)cc4)c4ccccc4-c4ccccc43)cc1O2. The summed E-state index contributed by atoms with van der Waals surface area (Å²) < 4.78 is 25.6. The molecule has 8 heteroatoms. The minimum Gasteiger partial charge on any atom is -0.450 e. The molecule has 534 valence electrons. The fourth-order valence-corrected chi connectivity index (χ4v) is 17.8. The third-order valence-corrected chi connectivity index (χ3v) is 23.1. The smallest absolute Gasteiger partial charge is 0.170 e. The van der Waals surface area contributed by atoms with Gasteiger partial charge in [-0.3, -0.25) is 0 Å². The highest BCUT2D eigenvalue weighted by Gasteiger charge is 2.48. The van der Waals surface area contributed by atoms with Crippen molar-refractivity contribution in [3.63, 3.8) is 0 Å². The van der Waals surface area contributed by atoms with Gasteiger partial charge in [0.2, 0.25) is 0 Å². The fourth-order valence-electron chi connectivity index (χ4n) is 17.8. The van der Waals surface area contributed by atoms with Gasteiger partial charge in [0, 0.05) is 33.0 Å². The van der Waals surface area contributed by atoms with Crippen LogP contribution in [0.4, 0.5) is 0 Å². The molecule has 0 radical (unpaired) electrons. The molecule has 0 fully saturated rings. The maximum Gasteiger partial charge on any atom is 0.170 e. The molecule has 8 nitrogen and oxygen atoms in total. The van der Waals surface area contributed by atoms with E-state index in [9.17, 15) is 0 Å². The van der Waals surface area contributed by atoms with E-state index in [1.165, 1.54) is 77.5 Å². The second kappa shape index (κ2) is 26.9. The highest BCUT2D eigenvalue weighted by molar-refractivity contribution is 5.97. The standard InChI is InChI=1S/C55H34N2O2.C51H32N2O2/c1-2-12-39-33-40(26-23-35(39)11-1)36-21-24-37(25-22-36)53-45-15-5-8-18-48(45)56-54(57-53)38-27-29-41(30-28-38)55(46-16-6-3-13-43(46)44-14-4-7-17-47(44)55)42-31-32-51-52(34-42)59-50-20-10-9-19-49(50)58-51;1-2-12-33(13-3-1)34-22-24-35(25-23-34)49-41-16-6-9-19-44(41)52-50(53-49)36-26-28-37(29-27-36)51(42-17-7-4-14-39(42)40-15-5-8-18-43(40)51)38-30-31-47-48(32-38)55-46-21-11-10-20-45(46)54-47/h1-34H;1-32H. The zero-order chi connectivity index (χ0) is 75.3. The van der Waals surface area contributed by atoms with E-state index in [-0.39, 0.29) is 0 Å². The highest BCUT2D eigenvalue weighted by Crippen LogP contribution is 2.60. The summed E-state index contributed by atoms with van der Waals surface area (Å²) in [4.78, 5) is 20.7. The Labute approximate surface area is 658 Å². The molecule has 0 spiro atoms. The Bertz CT molecular complexity index is 6950. The Morgan fingerprint density at radius 2 is 0.491 bits per heavy atom. The maximum atomic E-state index is 6.50. The number of aromatic nitrogens is 4. The Balaban J connectivity index is 0.000000139. The van der Waals surface area contributed by atoms with Crippen molar-refractivity contribution < 1.29 is 18.9 Å². The predicted molar refractivity (Wildman–Crippen MR) is 457 cm³/mol. The molecule has 0 N–H and O–H groups in total. The molecule has 17 aromatic carbocycles. The molecule has 2 aromatic heterocycles. The van der Waals surface area contributed by atoms with Gasteiger partial charge in [0.1, 0.15) is 0 Å². The summed E-state index contributed by atoms with van der Waals surface area (Å²) in [6, 6.07) is 141. The van der Waals surface area contributed by atoms with Crippen LogP contribution in [0.3, 0.4) is 0 Å². The monoisotopic (exact) mass is 1460 g/mol. The number of para-hydroxylation sites is 6. The van der Waals surface area contributed by atoms with Gasteiger partial charge >= 0.3 is 0 Å². The molecule has 0 amide bonds. The average molecular weight is 1460 g/mol. The van der Waals surface area contributed by atoms with Crippen LogP contribution < -0.4 is 18.9 Å². The van der Waals surface area contributed by atoms with E-state index in [1.807, 2.05) is 78.9 Å². The quantitative estimate of drug-likeness (QED) is 0.134. The van der Waals surface area contributed by atoms with Crippen LogP contribution in [0.2, 0.25) is 0 Å². The van der Waals surface area contributed by atoms with E-state index >= 15 is 0 Å². The largest absolute Gasteiger partial charge is 0.450 e. The second-order valence-electron chi connectivity index (χ2n) is 29.4. The molecule has 23 rings (SSSR count). The number of hydrogen-bond donors (Lipinski definition) is 0. The summed E-state index contributed by atoms with van der Waals surface area (Å²) in [5.74, 6) is 7.01. The van der Waals surface area contributed by atoms with Gasteiger partial charge in [0.25, 0.3) is 0 Å². The summed E-state index contributed by atoms with van der Waals surface area (Å²) in [5.41, 5.74) is 25.4. The van der Waals surface area contributed by atoms with Crippen LogP contribution in [-0.2, 0) is 10.8 Å². The minimum absolute atomic E-state index is 0.614. The Kier molecular flexibility index (Phi) is 15.5. The highest BCUT2D eigenvalue weighted by atomic mass is 16.6. The van der Waals surface area contributed by atoms with Crippen LogP contribution >= 0.6 is 0 Å². The normalized spacial score (nSPS) is 13.2. The molecule has 2 aliphatic heterocycles. The van der Waals surface area contributed by atoms with Crippen LogP contribution in [0.1, 0.15) is 44.5 Å². The van der Waals surface area contributed by atoms with E-state index in [2.05, 4.69) is 322 Å². The summed E-state index contributed by atoms with van der Waals surface area (Å²) in [6.07, 6.45) is 0. The third-order valence-electron chi connectivity index (χ3n) is 23.1. The van der Waals surface area contributed by atoms with E-state index in [4.69, 9.17) is 38.9 Å². The lowest BCUT2D eigenvalue weighted by Gasteiger charge is -2.34. The summed E-state index contributed by atoms with van der Waals surface area (Å²) in [7, 11) is 0. The Morgan fingerprint density at radius 3 is 0.930 bits per heavy atom. The number of fused-ring (bicyclic) bond motifs is 13. The molecule has 4 aliphatic rings. The molecule has 114 heavy (non-hydrogen) atoms. The first-order chi connectivity index (χ1) is 56.4. The van der Waals surface area contributed by atoms with Crippen molar-refractivity contribution in [1.82, 2.24) is 19.9 Å². The van der Waals surface area contributed by atoms with Gasteiger partial charge in [-0.15, -0.1) is 0 Å². The molecule has 4 heterocycles. The fraction of sp³-hybridized carbons (Fsp3) is 0.0189. The van der Waals surface area contributed by atoms with Gasteiger partial charge in [-0.1, -0.05) is 334 Å². The summed E-state index contributed by atoms with van der Waals surface area (Å²) in [5, 5.41) is 4.51. The average Bonchev–Trinajstić information content (AvgIpc) is 1.54. The van der Waals surface area contributed by atoms with Gasteiger partial charge in [0.05, 0.1) is 33.3 Å². The van der Waals surface area contributed by atoms with Crippen LogP contribution in [0.5, 0.6) is 46.0 Å². The van der Waals surface area contributed by atoms with Crippen molar-refractivity contribution in [3.8, 4) is 136 Å². The molecule has 0 bridgehead atoms. The minimum atomic E-state index is -0.622. The van der Waals surface area contributed by atoms with Crippen LogP contribution in [0, 0.1) is 0 Å². The van der Waals surface area contributed by atoms with E-state index < -0.39 is 10.8 Å². The van der Waals surface area contributed by atoms with E-state index in [0.29, 0.717) is 57.6 Å². The lowest BCUT2D eigenvalue weighted by molar-refractivity contribution is 0.359. The zero-order valence-corrected chi connectivity index (χ0v) is 61.5. The molecular formula is C106H66N4O4. The van der Waals surface area contributed by atoms with Crippen LogP contribution in [0.15, 0.2) is 400 Å². The van der Waals surface area contributed by atoms with Crippen molar-refractivity contribution >= 4 is 32.6 Å². The summed E-state index contributed by atoms with van der Waals surface area (Å²) in [6.45, 7) is 0. The molecule has 0 saturated heterocycles. The zero-order valence-electron chi connectivity index (χ0n) is 61.5. The van der Waals surface area contributed by atoms with Gasteiger partial charge in [-0.05, 0) is 167 Å². The van der Waals surface area contributed by atoms with Gasteiger partial charge in [-0.2, -0.15) is 0 Å². The number of rotatable bonds is 10. The number of ether oxygens (including phenoxy) is 4. The third kappa shape index (κ3) is 10.8. The molecule has 2 aliphatic carbocycles. The van der Waals surface area contributed by atoms with Gasteiger partial charge < -0.3 is 18.9 Å². The Hall–Kier alpha value is -15.1. The van der Waals surface area contributed by atoms with Crippen molar-refractivity contribution in [2.24, 2.45) is 0 Å². The Morgan fingerprint density at radius 1 is 0.184 bits per heavy atom. The molecule has 0 atom stereocenters. The summed E-state index contributed by atoms with van der Waals surface area (Å²) >= 11 is 0. The maximum absolute atomic E-state index is 6.50. The van der Waals surface area contributed by atoms with Crippen molar-refractivity contribution in [2.75, 3.05) is 0 Å². The van der Waals surface area contributed by atoms with Crippen LogP contribution in [-0.4, -0.2) is 19.9 Å². The number of benzene rings is 17. The lowest BCUT2D eigenvalue weighted by atomic mass is 9.67. The van der Waals surface area contributed by atoms with E-state index in [0.717, 1.165) is 77.7 Å². The molecule has 0 unspecified atom stereocenters. The van der Waals surface area contributed by atoms with Gasteiger partial charge in [0.15, 0.2) is 57.6 Å². The van der Waals surface area contributed by atoms with Crippen molar-refractivity contribution in [1.29, 1.82) is 0 Å². The predicted octanol–water partition coefficient (Wildman–Crippen LogP) is 26.9. The van der Waals surface area contributed by atoms with E-state index in [1.54, 1.807) is 0 Å². The lowest BCUT2D eigenvalue weighted by Crippen LogP contribution is -2.28. The first kappa shape index (κ1) is 65.9. The topological polar surface area (TPSA) is 88.5 Å². The molecule has 0 saturated carbocycles. The molecular weight excluding hydrogens is 1390 g/mol. The number of nitrogens with zero attached hydrogens (tertiary/aromatic N) is 4.